The van der Waals surface area contributed by atoms with Crippen molar-refractivity contribution in [3.63, 3.8) is 0 Å². The molecule has 2 saturated heterocycles. The highest BCUT2D eigenvalue weighted by atomic mass is 15.2. The molecule has 2 N–H and O–H groups in total. The van der Waals surface area contributed by atoms with Crippen LogP contribution in [-0.2, 0) is 0 Å². The molecule has 2 aliphatic heterocycles. The number of nitrogens with zero attached hydrogens (tertiary/aromatic N) is 4. The maximum absolute atomic E-state index is 5.98. The Morgan fingerprint density at radius 2 is 1.71 bits per heavy atom. The van der Waals surface area contributed by atoms with Crippen LogP contribution in [-0.4, -0.2) is 47.6 Å². The highest BCUT2D eigenvalue weighted by molar-refractivity contribution is 5.56. The van der Waals surface area contributed by atoms with Gasteiger partial charge in [-0.1, -0.05) is 0 Å². The molecule has 5 heteroatoms. The van der Waals surface area contributed by atoms with E-state index < -0.39 is 0 Å². The predicted molar refractivity (Wildman–Crippen MR) is 86.5 cm³/mol. The Bertz CT molecular complexity index is 488. The van der Waals surface area contributed by atoms with Crippen molar-refractivity contribution in [2.24, 2.45) is 5.92 Å². The average Bonchev–Trinajstić information content (AvgIpc) is 2.97. The zero-order valence-corrected chi connectivity index (χ0v) is 13.3. The maximum atomic E-state index is 5.98. The van der Waals surface area contributed by atoms with Gasteiger partial charge in [-0.25, -0.2) is 9.97 Å². The number of hydrogen-bond acceptors (Lipinski definition) is 5. The Morgan fingerprint density at radius 3 is 2.38 bits per heavy atom. The normalized spacial score (nSPS) is 21.1. The second-order valence-corrected chi connectivity index (χ2v) is 6.54. The topological polar surface area (TPSA) is 58.3 Å². The number of nitrogen functional groups attached to an aromatic ring is 1. The van der Waals surface area contributed by atoms with Crippen LogP contribution in [0.3, 0.4) is 0 Å². The van der Waals surface area contributed by atoms with Crippen LogP contribution in [0.1, 0.15) is 37.1 Å². The summed E-state index contributed by atoms with van der Waals surface area (Å²) in [6, 6.07) is 0. The summed E-state index contributed by atoms with van der Waals surface area (Å²) in [5.41, 5.74) is 7.01. The molecular formula is C16H27N5. The molecule has 3 rings (SSSR count). The van der Waals surface area contributed by atoms with Gasteiger partial charge < -0.3 is 15.5 Å². The van der Waals surface area contributed by atoms with Gasteiger partial charge in [0.05, 0.1) is 0 Å². The third-order valence-corrected chi connectivity index (χ3v) is 4.90. The summed E-state index contributed by atoms with van der Waals surface area (Å²) in [6.07, 6.45) is 5.30. The van der Waals surface area contributed by atoms with Crippen LogP contribution in [0.5, 0.6) is 0 Å². The molecule has 0 atom stereocenters. The maximum Gasteiger partial charge on any atom is 0.137 e. The van der Waals surface area contributed by atoms with Gasteiger partial charge in [0.25, 0.3) is 0 Å². The Kier molecular flexibility index (Phi) is 4.29. The van der Waals surface area contributed by atoms with Crippen molar-refractivity contribution in [3.8, 4) is 0 Å². The Balaban J connectivity index is 1.60. The van der Waals surface area contributed by atoms with Crippen LogP contribution in [0, 0.1) is 19.8 Å². The van der Waals surface area contributed by atoms with Gasteiger partial charge in [0.15, 0.2) is 0 Å². The van der Waals surface area contributed by atoms with Crippen LogP contribution in [0.2, 0.25) is 0 Å². The molecule has 2 fully saturated rings. The minimum absolute atomic E-state index is 0.622. The highest BCUT2D eigenvalue weighted by Crippen LogP contribution is 2.27. The third kappa shape index (κ3) is 3.28. The van der Waals surface area contributed by atoms with E-state index in [1.165, 1.54) is 45.3 Å². The lowest BCUT2D eigenvalue weighted by atomic mass is 9.96. The van der Waals surface area contributed by atoms with Gasteiger partial charge in [-0.05, 0) is 58.5 Å². The minimum atomic E-state index is 0.622. The van der Waals surface area contributed by atoms with E-state index in [9.17, 15) is 0 Å². The number of anilines is 2. The van der Waals surface area contributed by atoms with Crippen LogP contribution in [0.15, 0.2) is 0 Å². The number of piperidine rings is 1. The summed E-state index contributed by atoms with van der Waals surface area (Å²) >= 11 is 0. The van der Waals surface area contributed by atoms with Crippen molar-refractivity contribution in [1.82, 2.24) is 14.9 Å². The lowest BCUT2D eigenvalue weighted by Crippen LogP contribution is -2.39. The standard InChI is InChI=1S/C16H27N5/c1-12-15(17)18-13(2)19-16(12)21-9-5-14(6-10-21)11-20-7-3-4-8-20/h14H,3-11H2,1-2H3,(H2,17,18,19). The lowest BCUT2D eigenvalue weighted by molar-refractivity contribution is 0.249. The number of rotatable bonds is 3. The van der Waals surface area contributed by atoms with E-state index in [4.69, 9.17) is 5.73 Å². The van der Waals surface area contributed by atoms with Crippen molar-refractivity contribution < 1.29 is 0 Å². The SMILES string of the molecule is Cc1nc(N)c(C)c(N2CCC(CN3CCCC3)CC2)n1. The van der Waals surface area contributed by atoms with E-state index in [1.807, 2.05) is 13.8 Å². The number of aryl methyl sites for hydroxylation is 1. The van der Waals surface area contributed by atoms with Crippen molar-refractivity contribution >= 4 is 11.6 Å². The summed E-state index contributed by atoms with van der Waals surface area (Å²) < 4.78 is 0. The molecule has 0 aliphatic carbocycles. The lowest BCUT2D eigenvalue weighted by Gasteiger charge is -2.35. The first-order valence-corrected chi connectivity index (χ1v) is 8.21. The molecule has 0 spiro atoms. The first-order valence-electron chi connectivity index (χ1n) is 8.21. The fourth-order valence-corrected chi connectivity index (χ4v) is 3.60. The third-order valence-electron chi connectivity index (χ3n) is 4.90. The number of aromatic nitrogens is 2. The molecule has 0 saturated carbocycles. The van der Waals surface area contributed by atoms with Gasteiger partial charge in [0, 0.05) is 25.2 Å². The summed E-state index contributed by atoms with van der Waals surface area (Å²) in [6.45, 7) is 10.0. The molecule has 1 aromatic heterocycles. The van der Waals surface area contributed by atoms with Crippen LogP contribution in [0.4, 0.5) is 11.6 Å². The van der Waals surface area contributed by atoms with Gasteiger partial charge in [0.2, 0.25) is 0 Å². The van der Waals surface area contributed by atoms with Crippen LogP contribution in [0.25, 0.3) is 0 Å². The number of likely N-dealkylation sites (tertiary alicyclic amines) is 1. The quantitative estimate of drug-likeness (QED) is 0.922. The van der Waals surface area contributed by atoms with Gasteiger partial charge in [-0.3, -0.25) is 0 Å². The summed E-state index contributed by atoms with van der Waals surface area (Å²) in [5, 5.41) is 0. The number of hydrogen-bond donors (Lipinski definition) is 1. The summed E-state index contributed by atoms with van der Waals surface area (Å²) in [5.74, 6) is 3.28. The molecule has 0 aromatic carbocycles. The molecule has 5 nitrogen and oxygen atoms in total. The molecule has 0 amide bonds. The first-order chi connectivity index (χ1) is 10.1. The van der Waals surface area contributed by atoms with Crippen LogP contribution < -0.4 is 10.6 Å². The zero-order chi connectivity index (χ0) is 14.8. The van der Waals surface area contributed by atoms with Crippen molar-refractivity contribution in [1.29, 1.82) is 0 Å². The Morgan fingerprint density at radius 1 is 1.05 bits per heavy atom. The zero-order valence-electron chi connectivity index (χ0n) is 13.3. The van der Waals surface area contributed by atoms with E-state index in [0.717, 1.165) is 36.2 Å². The first kappa shape index (κ1) is 14.6. The van der Waals surface area contributed by atoms with Gasteiger partial charge in [0.1, 0.15) is 17.5 Å². The van der Waals surface area contributed by atoms with E-state index in [-0.39, 0.29) is 0 Å². The minimum Gasteiger partial charge on any atom is -0.383 e. The van der Waals surface area contributed by atoms with E-state index in [2.05, 4.69) is 19.8 Å². The van der Waals surface area contributed by atoms with E-state index in [0.29, 0.717) is 5.82 Å². The number of nitrogens with two attached hydrogens (primary N) is 1. The van der Waals surface area contributed by atoms with E-state index in [1.54, 1.807) is 0 Å². The monoisotopic (exact) mass is 289 g/mol. The highest BCUT2D eigenvalue weighted by Gasteiger charge is 2.24. The molecule has 3 heterocycles. The van der Waals surface area contributed by atoms with Crippen molar-refractivity contribution in [2.75, 3.05) is 43.4 Å². The molecule has 21 heavy (non-hydrogen) atoms. The molecule has 2 aliphatic rings. The fourth-order valence-electron chi connectivity index (χ4n) is 3.60. The molecule has 0 radical (unpaired) electrons. The second-order valence-electron chi connectivity index (χ2n) is 6.54. The van der Waals surface area contributed by atoms with Gasteiger partial charge in [-0.2, -0.15) is 0 Å². The smallest absolute Gasteiger partial charge is 0.137 e. The largest absolute Gasteiger partial charge is 0.383 e. The van der Waals surface area contributed by atoms with Gasteiger partial charge in [-0.15, -0.1) is 0 Å². The fraction of sp³-hybridized carbons (Fsp3) is 0.750. The summed E-state index contributed by atoms with van der Waals surface area (Å²) in [4.78, 5) is 13.9. The predicted octanol–water partition coefficient (Wildman–Crippen LogP) is 1.99. The Labute approximate surface area is 127 Å². The Hall–Kier alpha value is -1.36. The molecule has 116 valence electrons. The van der Waals surface area contributed by atoms with E-state index >= 15 is 0 Å². The average molecular weight is 289 g/mol. The molecule has 0 bridgehead atoms. The second kappa shape index (κ2) is 6.18. The summed E-state index contributed by atoms with van der Waals surface area (Å²) in [7, 11) is 0. The molecular weight excluding hydrogens is 262 g/mol. The van der Waals surface area contributed by atoms with Gasteiger partial charge >= 0.3 is 0 Å². The van der Waals surface area contributed by atoms with Crippen molar-refractivity contribution in [2.45, 2.75) is 39.5 Å². The molecule has 0 unspecified atom stereocenters. The van der Waals surface area contributed by atoms with Crippen LogP contribution >= 0.6 is 0 Å². The molecule has 1 aromatic rings. The van der Waals surface area contributed by atoms with Crippen molar-refractivity contribution in [3.05, 3.63) is 11.4 Å².